The maximum atomic E-state index is 2.42. The first-order valence-corrected chi connectivity index (χ1v) is 20.7. The van der Waals surface area contributed by atoms with E-state index in [1.165, 1.54) is 121 Å². The van der Waals surface area contributed by atoms with E-state index in [9.17, 15) is 0 Å². The highest BCUT2D eigenvalue weighted by molar-refractivity contribution is 6.21. The van der Waals surface area contributed by atoms with Crippen molar-refractivity contribution in [2.75, 3.05) is 0 Å². The molecule has 0 saturated carbocycles. The summed E-state index contributed by atoms with van der Waals surface area (Å²) in [5, 5.41) is 10.3. The molecule has 0 heteroatoms. The number of benzene rings is 11. The smallest absolute Gasteiger partial charge is 0.0622 e. The highest BCUT2D eigenvalue weighted by Crippen LogP contribution is 2.65. The fourth-order valence-corrected chi connectivity index (χ4v) is 11.1. The van der Waals surface area contributed by atoms with Crippen LogP contribution in [0.2, 0.25) is 0 Å². The highest BCUT2D eigenvalue weighted by atomic mass is 14.5. The molecule has 0 N–H and O–H groups in total. The molecular formula is C59H36. The number of hydrogen-bond donors (Lipinski definition) is 0. The molecule has 11 aromatic rings. The van der Waals surface area contributed by atoms with Crippen LogP contribution in [-0.2, 0) is 5.41 Å². The predicted molar refractivity (Wildman–Crippen MR) is 249 cm³/mol. The second-order valence-electron chi connectivity index (χ2n) is 16.3. The average Bonchev–Trinajstić information content (AvgIpc) is 3.79. The van der Waals surface area contributed by atoms with E-state index in [0.29, 0.717) is 0 Å². The maximum absolute atomic E-state index is 2.42. The molecule has 272 valence electrons. The largest absolute Gasteiger partial charge is 0.0731 e. The van der Waals surface area contributed by atoms with Crippen molar-refractivity contribution in [2.24, 2.45) is 0 Å². The Morgan fingerprint density at radius 2 is 0.729 bits per heavy atom. The minimum Gasteiger partial charge on any atom is -0.0622 e. The van der Waals surface area contributed by atoms with Gasteiger partial charge in [-0.05, 0) is 127 Å². The summed E-state index contributed by atoms with van der Waals surface area (Å²) in [6.45, 7) is 0. The van der Waals surface area contributed by atoms with Crippen molar-refractivity contribution >= 4 is 43.1 Å². The maximum Gasteiger partial charge on any atom is 0.0731 e. The van der Waals surface area contributed by atoms with Gasteiger partial charge >= 0.3 is 0 Å². The molecule has 11 aromatic carbocycles. The average molecular weight is 745 g/mol. The van der Waals surface area contributed by atoms with Crippen LogP contribution in [-0.4, -0.2) is 0 Å². The lowest BCUT2D eigenvalue weighted by Crippen LogP contribution is -2.26. The topological polar surface area (TPSA) is 0 Å². The Morgan fingerprint density at radius 3 is 1.37 bits per heavy atom. The number of fused-ring (bicyclic) bond motifs is 16. The summed E-state index contributed by atoms with van der Waals surface area (Å²) in [7, 11) is 0. The first-order valence-electron chi connectivity index (χ1n) is 20.7. The van der Waals surface area contributed by atoms with Crippen molar-refractivity contribution in [2.45, 2.75) is 5.41 Å². The van der Waals surface area contributed by atoms with Gasteiger partial charge < -0.3 is 0 Å². The van der Waals surface area contributed by atoms with Crippen molar-refractivity contribution < 1.29 is 0 Å². The first kappa shape index (κ1) is 32.5. The van der Waals surface area contributed by atoms with Crippen LogP contribution in [0, 0.1) is 0 Å². The van der Waals surface area contributed by atoms with Gasteiger partial charge in [0.05, 0.1) is 5.41 Å². The summed E-state index contributed by atoms with van der Waals surface area (Å²) in [6, 6.07) is 81.7. The van der Waals surface area contributed by atoms with Gasteiger partial charge in [-0.1, -0.05) is 212 Å². The monoisotopic (exact) mass is 744 g/mol. The lowest BCUT2D eigenvalue weighted by atomic mass is 9.69. The second kappa shape index (κ2) is 12.2. The summed E-state index contributed by atoms with van der Waals surface area (Å²) >= 11 is 0. The molecule has 13 rings (SSSR count). The van der Waals surface area contributed by atoms with Crippen molar-refractivity contribution in [1.29, 1.82) is 0 Å². The molecule has 0 heterocycles. The van der Waals surface area contributed by atoms with Gasteiger partial charge in [0.2, 0.25) is 0 Å². The quantitative estimate of drug-likeness (QED) is 0.158. The van der Waals surface area contributed by atoms with Gasteiger partial charge in [-0.3, -0.25) is 0 Å². The minimum atomic E-state index is -0.411. The Morgan fingerprint density at radius 1 is 0.237 bits per heavy atom. The molecule has 0 amide bonds. The van der Waals surface area contributed by atoms with Gasteiger partial charge in [0.15, 0.2) is 0 Å². The Balaban J connectivity index is 0.993. The predicted octanol–water partition coefficient (Wildman–Crippen LogP) is 15.6. The molecule has 59 heavy (non-hydrogen) atoms. The first-order chi connectivity index (χ1) is 29.3. The fraction of sp³-hybridized carbons (Fsp3) is 0.0169. The molecule has 0 unspecified atom stereocenters. The zero-order valence-electron chi connectivity index (χ0n) is 32.3. The van der Waals surface area contributed by atoms with Crippen molar-refractivity contribution in [3.63, 3.8) is 0 Å². The van der Waals surface area contributed by atoms with Crippen molar-refractivity contribution in [3.05, 3.63) is 241 Å². The third-order valence-electron chi connectivity index (χ3n) is 13.5. The second-order valence-corrected chi connectivity index (χ2v) is 16.3. The van der Waals surface area contributed by atoms with Gasteiger partial charge in [-0.2, -0.15) is 0 Å². The van der Waals surface area contributed by atoms with Crippen LogP contribution in [0.5, 0.6) is 0 Å². The fourth-order valence-electron chi connectivity index (χ4n) is 11.1. The van der Waals surface area contributed by atoms with Gasteiger partial charge in [-0.25, -0.2) is 0 Å². The van der Waals surface area contributed by atoms with E-state index in [1.54, 1.807) is 0 Å². The standard InChI is InChI=1S/C59H36/c1-2-15-39(16-3-1)55-47-20-6-8-22-49(47)56(50-23-9-7-21-48(50)55)40-28-26-37(27-29-40)41-30-33-44-42(36-41)31-34-51-57-43-17-5-4-14-38(43)32-35-54(57)59(58(44)51)52-24-12-10-18-45(52)46-19-11-13-25-53(46)59/h1-36H. The summed E-state index contributed by atoms with van der Waals surface area (Å²) < 4.78 is 0. The van der Waals surface area contributed by atoms with Crippen LogP contribution in [0.4, 0.5) is 0 Å². The van der Waals surface area contributed by atoms with E-state index >= 15 is 0 Å². The van der Waals surface area contributed by atoms with Crippen LogP contribution >= 0.6 is 0 Å². The zero-order valence-corrected chi connectivity index (χ0v) is 32.3. The molecule has 2 aliphatic carbocycles. The molecule has 0 atom stereocenters. The van der Waals surface area contributed by atoms with E-state index in [1.807, 2.05) is 0 Å². The third-order valence-corrected chi connectivity index (χ3v) is 13.5. The molecule has 0 radical (unpaired) electrons. The van der Waals surface area contributed by atoms with E-state index in [-0.39, 0.29) is 0 Å². The van der Waals surface area contributed by atoms with Crippen molar-refractivity contribution in [3.8, 4) is 55.6 Å². The van der Waals surface area contributed by atoms with Gasteiger partial charge in [0.1, 0.15) is 0 Å². The molecule has 0 aromatic heterocycles. The molecule has 0 saturated heterocycles. The normalized spacial score (nSPS) is 13.2. The van der Waals surface area contributed by atoms with E-state index < -0.39 is 5.41 Å². The molecule has 0 fully saturated rings. The van der Waals surface area contributed by atoms with E-state index in [0.717, 1.165) is 0 Å². The Hall–Kier alpha value is -7.54. The van der Waals surface area contributed by atoms with Gasteiger partial charge in [0.25, 0.3) is 0 Å². The third kappa shape index (κ3) is 4.38. The number of rotatable bonds is 3. The Bertz CT molecular complexity index is 3430. The molecule has 0 bridgehead atoms. The van der Waals surface area contributed by atoms with Gasteiger partial charge in [0, 0.05) is 0 Å². The van der Waals surface area contributed by atoms with Gasteiger partial charge in [-0.15, -0.1) is 0 Å². The van der Waals surface area contributed by atoms with E-state index in [4.69, 9.17) is 0 Å². The lowest BCUT2D eigenvalue weighted by Gasteiger charge is -2.31. The summed E-state index contributed by atoms with van der Waals surface area (Å²) in [6.07, 6.45) is 0. The van der Waals surface area contributed by atoms with Crippen LogP contribution in [0.3, 0.4) is 0 Å². The minimum absolute atomic E-state index is 0.411. The SMILES string of the molecule is c1ccc(-c2c3ccccc3c(-c3ccc(-c4ccc5c6c(ccc5c4)-c4c(ccc5ccccc45)C64c5ccccc5-c5ccccc54)cc3)c3ccccc23)cc1. The van der Waals surface area contributed by atoms with Crippen LogP contribution in [0.25, 0.3) is 98.7 Å². The Labute approximate surface area is 343 Å². The Kier molecular flexibility index (Phi) is 6.74. The van der Waals surface area contributed by atoms with Crippen LogP contribution in [0.15, 0.2) is 218 Å². The van der Waals surface area contributed by atoms with Crippen LogP contribution in [0.1, 0.15) is 22.3 Å². The summed E-state index contributed by atoms with van der Waals surface area (Å²) in [4.78, 5) is 0. The molecule has 0 aliphatic heterocycles. The molecule has 1 spiro atoms. The molecular weight excluding hydrogens is 709 g/mol. The van der Waals surface area contributed by atoms with Crippen molar-refractivity contribution in [1.82, 2.24) is 0 Å². The zero-order chi connectivity index (χ0) is 38.7. The summed E-state index contributed by atoms with van der Waals surface area (Å²) in [5.74, 6) is 0. The molecule has 2 aliphatic rings. The van der Waals surface area contributed by atoms with E-state index in [2.05, 4.69) is 218 Å². The summed E-state index contributed by atoms with van der Waals surface area (Å²) in [5.41, 5.74) is 18.0. The van der Waals surface area contributed by atoms with Crippen LogP contribution < -0.4 is 0 Å². The highest BCUT2D eigenvalue weighted by Gasteiger charge is 2.52. The lowest BCUT2D eigenvalue weighted by molar-refractivity contribution is 0.802. The molecule has 0 nitrogen and oxygen atoms in total. The number of hydrogen-bond acceptors (Lipinski definition) is 0.